The molecule has 0 amide bonds. The topological polar surface area (TPSA) is 69.6 Å². The largest absolute Gasteiger partial charge is 0.399 e. The van der Waals surface area contributed by atoms with Crippen LogP contribution in [0.15, 0.2) is 36.4 Å². The average Bonchev–Trinajstić information content (AvgIpc) is 2.92. The van der Waals surface area contributed by atoms with Gasteiger partial charge in [-0.3, -0.25) is 0 Å². The number of hydrogen-bond donors (Lipinski definition) is 1. The van der Waals surface area contributed by atoms with Gasteiger partial charge in [0.25, 0.3) is 0 Å². The van der Waals surface area contributed by atoms with Crippen LogP contribution in [0, 0.1) is 19.7 Å². The van der Waals surface area contributed by atoms with E-state index in [0.29, 0.717) is 22.6 Å². The predicted molar refractivity (Wildman–Crippen MR) is 78.4 cm³/mol. The van der Waals surface area contributed by atoms with Crippen molar-refractivity contribution in [1.82, 2.24) is 20.2 Å². The Morgan fingerprint density at radius 1 is 1.10 bits per heavy atom. The van der Waals surface area contributed by atoms with Gasteiger partial charge in [-0.2, -0.15) is 4.68 Å². The molecule has 3 rings (SSSR count). The van der Waals surface area contributed by atoms with Crippen molar-refractivity contribution in [2.24, 2.45) is 0 Å². The van der Waals surface area contributed by atoms with E-state index < -0.39 is 0 Å². The van der Waals surface area contributed by atoms with E-state index in [1.165, 1.54) is 4.68 Å². The van der Waals surface area contributed by atoms with Crippen LogP contribution in [-0.2, 0) is 0 Å². The van der Waals surface area contributed by atoms with E-state index in [1.54, 1.807) is 19.1 Å². The fourth-order valence-corrected chi connectivity index (χ4v) is 2.28. The fraction of sp³-hybridized carbons (Fsp3) is 0.133. The number of aryl methyl sites for hydroxylation is 2. The Balaban J connectivity index is 2.23. The second-order valence-electron chi connectivity index (χ2n) is 4.90. The fourth-order valence-electron chi connectivity index (χ4n) is 2.28. The minimum atomic E-state index is -0.367. The van der Waals surface area contributed by atoms with Crippen LogP contribution in [0.4, 0.5) is 10.1 Å². The molecule has 0 fully saturated rings. The normalized spacial score (nSPS) is 10.8. The predicted octanol–water partition coefficient (Wildman–Crippen LogP) is 2.67. The number of para-hydroxylation sites is 1. The van der Waals surface area contributed by atoms with Crippen molar-refractivity contribution in [3.63, 3.8) is 0 Å². The summed E-state index contributed by atoms with van der Waals surface area (Å²) in [5, 5.41) is 11.6. The van der Waals surface area contributed by atoms with Gasteiger partial charge in [0, 0.05) is 5.69 Å². The lowest BCUT2D eigenvalue weighted by Crippen LogP contribution is -2.04. The van der Waals surface area contributed by atoms with Crippen LogP contribution < -0.4 is 5.73 Å². The van der Waals surface area contributed by atoms with E-state index in [0.717, 1.165) is 11.3 Å². The Hall–Kier alpha value is -2.76. The van der Waals surface area contributed by atoms with Gasteiger partial charge in [0.05, 0.1) is 11.3 Å². The number of nitrogens with two attached hydrogens (primary N) is 1. The number of nitrogens with zero attached hydrogens (tertiary/aromatic N) is 4. The number of halogens is 1. The van der Waals surface area contributed by atoms with Crippen LogP contribution in [0.2, 0.25) is 0 Å². The number of benzene rings is 2. The molecule has 0 saturated carbocycles. The molecule has 2 aromatic carbocycles. The summed E-state index contributed by atoms with van der Waals surface area (Å²) in [5.74, 6) is -0.0361. The summed E-state index contributed by atoms with van der Waals surface area (Å²) in [5.41, 5.74) is 8.83. The molecule has 0 aliphatic rings. The Kier molecular flexibility index (Phi) is 3.13. The Bertz CT molecular complexity index is 810. The van der Waals surface area contributed by atoms with Crippen molar-refractivity contribution < 1.29 is 4.39 Å². The highest BCUT2D eigenvalue weighted by Gasteiger charge is 2.17. The van der Waals surface area contributed by atoms with E-state index in [4.69, 9.17) is 5.73 Å². The molecule has 0 aliphatic carbocycles. The summed E-state index contributed by atoms with van der Waals surface area (Å²) >= 11 is 0. The lowest BCUT2D eigenvalue weighted by Gasteiger charge is -2.10. The maximum Gasteiger partial charge on any atom is 0.190 e. The minimum Gasteiger partial charge on any atom is -0.399 e. The molecule has 1 aromatic heterocycles. The number of tetrazole rings is 1. The highest BCUT2D eigenvalue weighted by molar-refractivity contribution is 5.65. The lowest BCUT2D eigenvalue weighted by molar-refractivity contribution is 0.620. The molecule has 21 heavy (non-hydrogen) atoms. The first-order chi connectivity index (χ1) is 10.1. The molecular weight excluding hydrogens is 269 g/mol. The molecule has 0 radical (unpaired) electrons. The van der Waals surface area contributed by atoms with Crippen molar-refractivity contribution in [2.75, 3.05) is 5.73 Å². The van der Waals surface area contributed by atoms with Gasteiger partial charge in [-0.1, -0.05) is 18.2 Å². The van der Waals surface area contributed by atoms with Gasteiger partial charge in [-0.25, -0.2) is 4.39 Å². The highest BCUT2D eigenvalue weighted by Crippen LogP contribution is 2.27. The number of aromatic nitrogens is 4. The first-order valence-corrected chi connectivity index (χ1v) is 6.48. The second kappa shape index (κ2) is 4.97. The zero-order valence-electron chi connectivity index (χ0n) is 11.7. The molecule has 0 unspecified atom stereocenters. The molecular formula is C15H14FN5. The van der Waals surface area contributed by atoms with Crippen LogP contribution in [0.1, 0.15) is 11.1 Å². The zero-order chi connectivity index (χ0) is 15.0. The van der Waals surface area contributed by atoms with Gasteiger partial charge < -0.3 is 5.73 Å². The van der Waals surface area contributed by atoms with Crippen molar-refractivity contribution in [1.29, 1.82) is 0 Å². The number of anilines is 1. The van der Waals surface area contributed by atoms with Crippen LogP contribution in [0.5, 0.6) is 0 Å². The SMILES string of the molecule is Cc1ccccc1-n1nnnc1-c1cc(N)cc(C)c1F. The van der Waals surface area contributed by atoms with Gasteiger partial charge in [0.1, 0.15) is 5.82 Å². The van der Waals surface area contributed by atoms with E-state index in [2.05, 4.69) is 15.5 Å². The summed E-state index contributed by atoms with van der Waals surface area (Å²) in [6.45, 7) is 3.61. The van der Waals surface area contributed by atoms with Gasteiger partial charge in [-0.05, 0) is 53.6 Å². The van der Waals surface area contributed by atoms with Crippen LogP contribution in [-0.4, -0.2) is 20.2 Å². The number of nitrogen functional groups attached to an aromatic ring is 1. The average molecular weight is 283 g/mol. The van der Waals surface area contributed by atoms with Gasteiger partial charge in [-0.15, -0.1) is 5.10 Å². The first kappa shape index (κ1) is 13.2. The van der Waals surface area contributed by atoms with Crippen LogP contribution in [0.25, 0.3) is 17.1 Å². The monoisotopic (exact) mass is 283 g/mol. The third-order valence-corrected chi connectivity index (χ3v) is 3.33. The second-order valence-corrected chi connectivity index (χ2v) is 4.90. The smallest absolute Gasteiger partial charge is 0.190 e. The standard InChI is InChI=1S/C15H14FN5/c1-9-5-3-4-6-13(9)21-15(18-19-20-21)12-8-11(17)7-10(2)14(12)16/h3-8H,17H2,1-2H3. The molecule has 6 heteroatoms. The molecule has 0 spiro atoms. The van der Waals surface area contributed by atoms with Gasteiger partial charge in [0.15, 0.2) is 5.82 Å². The summed E-state index contributed by atoms with van der Waals surface area (Å²) < 4.78 is 15.9. The quantitative estimate of drug-likeness (QED) is 0.734. The molecule has 0 atom stereocenters. The van der Waals surface area contributed by atoms with Crippen molar-refractivity contribution >= 4 is 5.69 Å². The third-order valence-electron chi connectivity index (χ3n) is 3.33. The highest BCUT2D eigenvalue weighted by atomic mass is 19.1. The summed E-state index contributed by atoms with van der Waals surface area (Å²) in [6, 6.07) is 10.8. The third kappa shape index (κ3) is 2.24. The molecule has 5 nitrogen and oxygen atoms in total. The van der Waals surface area contributed by atoms with Crippen LogP contribution >= 0.6 is 0 Å². The van der Waals surface area contributed by atoms with Gasteiger partial charge >= 0.3 is 0 Å². The molecule has 1 heterocycles. The van der Waals surface area contributed by atoms with Crippen molar-refractivity contribution in [2.45, 2.75) is 13.8 Å². The molecule has 0 aliphatic heterocycles. The Morgan fingerprint density at radius 3 is 2.62 bits per heavy atom. The minimum absolute atomic E-state index is 0.292. The molecule has 2 N–H and O–H groups in total. The van der Waals surface area contributed by atoms with E-state index in [1.807, 2.05) is 31.2 Å². The van der Waals surface area contributed by atoms with Crippen molar-refractivity contribution in [3.8, 4) is 17.1 Å². The lowest BCUT2D eigenvalue weighted by atomic mass is 10.1. The first-order valence-electron chi connectivity index (χ1n) is 6.48. The molecule has 0 saturated heterocycles. The molecule has 3 aromatic rings. The molecule has 0 bridgehead atoms. The van der Waals surface area contributed by atoms with E-state index in [9.17, 15) is 4.39 Å². The maximum absolute atomic E-state index is 14.4. The van der Waals surface area contributed by atoms with E-state index >= 15 is 0 Å². The van der Waals surface area contributed by atoms with Gasteiger partial charge in [0.2, 0.25) is 0 Å². The maximum atomic E-state index is 14.4. The zero-order valence-corrected chi connectivity index (χ0v) is 11.7. The summed E-state index contributed by atoms with van der Waals surface area (Å²) in [6.07, 6.45) is 0. The number of rotatable bonds is 2. The summed E-state index contributed by atoms with van der Waals surface area (Å²) in [4.78, 5) is 0. The molecule has 106 valence electrons. The van der Waals surface area contributed by atoms with Crippen LogP contribution in [0.3, 0.4) is 0 Å². The Labute approximate surface area is 121 Å². The number of hydrogen-bond acceptors (Lipinski definition) is 4. The van der Waals surface area contributed by atoms with Crippen molar-refractivity contribution in [3.05, 3.63) is 53.3 Å². The Morgan fingerprint density at radius 2 is 1.86 bits per heavy atom. The summed E-state index contributed by atoms with van der Waals surface area (Å²) in [7, 11) is 0. The van der Waals surface area contributed by atoms with E-state index in [-0.39, 0.29) is 5.82 Å².